The van der Waals surface area contributed by atoms with Crippen LogP contribution in [0.25, 0.3) is 11.3 Å². The third-order valence-corrected chi connectivity index (χ3v) is 7.38. The van der Waals surface area contributed by atoms with E-state index < -0.39 is 0 Å². The summed E-state index contributed by atoms with van der Waals surface area (Å²) in [7, 11) is 0. The average molecular weight is 427 g/mol. The van der Waals surface area contributed by atoms with E-state index in [0.29, 0.717) is 11.0 Å². The van der Waals surface area contributed by atoms with E-state index >= 15 is 0 Å². The van der Waals surface area contributed by atoms with Crippen molar-refractivity contribution in [2.75, 3.05) is 43.6 Å². The highest BCUT2D eigenvalue weighted by atomic mass is 32.2. The Morgan fingerprint density at radius 3 is 2.57 bits per heavy atom. The van der Waals surface area contributed by atoms with Gasteiger partial charge in [-0.25, -0.2) is 0 Å². The molecule has 0 bridgehead atoms. The predicted molar refractivity (Wildman–Crippen MR) is 117 cm³/mol. The second-order valence-corrected chi connectivity index (χ2v) is 9.22. The standard InChI is InChI=1S/C22H26N4O3S/c27-22(14-30-17-3-1-2-4-17)26-11-9-25(10-12-26)21-8-6-18(23-24-21)16-5-7-19-20(13-16)29-15-28-19/h5-8,13,17H,1-4,9-12,14-15H2. The van der Waals surface area contributed by atoms with Gasteiger partial charge in [0.2, 0.25) is 12.7 Å². The minimum atomic E-state index is 0.261. The number of nitrogens with zero attached hydrogens (tertiary/aromatic N) is 4. The van der Waals surface area contributed by atoms with E-state index in [0.717, 1.165) is 54.8 Å². The Balaban J connectivity index is 1.15. The molecule has 3 heterocycles. The number of aromatic nitrogens is 2. The van der Waals surface area contributed by atoms with Gasteiger partial charge in [-0.2, -0.15) is 0 Å². The lowest BCUT2D eigenvalue weighted by Crippen LogP contribution is -2.49. The van der Waals surface area contributed by atoms with Crippen LogP contribution in [0.1, 0.15) is 25.7 Å². The summed E-state index contributed by atoms with van der Waals surface area (Å²) in [5.74, 6) is 3.25. The van der Waals surface area contributed by atoms with E-state index in [-0.39, 0.29) is 12.7 Å². The summed E-state index contributed by atoms with van der Waals surface area (Å²) in [6, 6.07) is 9.77. The highest BCUT2D eigenvalue weighted by molar-refractivity contribution is 8.00. The maximum absolute atomic E-state index is 12.5. The van der Waals surface area contributed by atoms with E-state index in [2.05, 4.69) is 15.1 Å². The Bertz CT molecular complexity index is 894. The number of piperazine rings is 1. The number of amides is 1. The van der Waals surface area contributed by atoms with Crippen LogP contribution < -0.4 is 14.4 Å². The van der Waals surface area contributed by atoms with Gasteiger partial charge >= 0.3 is 0 Å². The molecular formula is C22H26N4O3S. The molecular weight excluding hydrogens is 400 g/mol. The van der Waals surface area contributed by atoms with Gasteiger partial charge in [-0.1, -0.05) is 12.8 Å². The van der Waals surface area contributed by atoms with Crippen molar-refractivity contribution in [2.24, 2.45) is 0 Å². The van der Waals surface area contributed by atoms with Crippen LogP contribution in [0.15, 0.2) is 30.3 Å². The van der Waals surface area contributed by atoms with Crippen LogP contribution in [-0.4, -0.2) is 65.0 Å². The fourth-order valence-electron chi connectivity index (χ4n) is 4.22. The van der Waals surface area contributed by atoms with Crippen LogP contribution in [0.5, 0.6) is 11.5 Å². The number of carbonyl (C=O) groups is 1. The van der Waals surface area contributed by atoms with Gasteiger partial charge in [-0.05, 0) is 43.2 Å². The van der Waals surface area contributed by atoms with Crippen LogP contribution in [0, 0.1) is 0 Å². The number of rotatable bonds is 5. The van der Waals surface area contributed by atoms with Gasteiger partial charge in [-0.15, -0.1) is 22.0 Å². The van der Waals surface area contributed by atoms with Crippen LogP contribution >= 0.6 is 11.8 Å². The fourth-order valence-corrected chi connectivity index (χ4v) is 5.45. The first-order chi connectivity index (χ1) is 14.8. The maximum Gasteiger partial charge on any atom is 0.232 e. The van der Waals surface area contributed by atoms with E-state index in [4.69, 9.17) is 9.47 Å². The number of anilines is 1. The SMILES string of the molecule is O=C(CSC1CCCC1)N1CCN(c2ccc(-c3ccc4c(c3)OCO4)nn2)CC1. The van der Waals surface area contributed by atoms with Crippen LogP contribution in [0.3, 0.4) is 0 Å². The van der Waals surface area contributed by atoms with Crippen molar-refractivity contribution < 1.29 is 14.3 Å². The topological polar surface area (TPSA) is 67.8 Å². The molecule has 7 nitrogen and oxygen atoms in total. The highest BCUT2D eigenvalue weighted by Crippen LogP contribution is 2.35. The highest BCUT2D eigenvalue weighted by Gasteiger charge is 2.24. The molecule has 2 aliphatic heterocycles. The number of hydrogen-bond acceptors (Lipinski definition) is 7. The van der Waals surface area contributed by atoms with E-state index in [9.17, 15) is 4.79 Å². The van der Waals surface area contributed by atoms with Gasteiger partial charge in [0, 0.05) is 37.0 Å². The van der Waals surface area contributed by atoms with Crippen molar-refractivity contribution in [1.82, 2.24) is 15.1 Å². The predicted octanol–water partition coefficient (Wildman–Crippen LogP) is 3.20. The van der Waals surface area contributed by atoms with Crippen molar-refractivity contribution in [3.63, 3.8) is 0 Å². The Kier molecular flexibility index (Phi) is 5.66. The van der Waals surface area contributed by atoms with Gasteiger partial charge in [0.25, 0.3) is 0 Å². The van der Waals surface area contributed by atoms with Crippen LogP contribution in [-0.2, 0) is 4.79 Å². The van der Waals surface area contributed by atoms with Gasteiger partial charge in [0.1, 0.15) is 0 Å². The molecule has 3 aliphatic rings. The number of fused-ring (bicyclic) bond motifs is 1. The zero-order valence-corrected chi connectivity index (χ0v) is 17.8. The summed E-state index contributed by atoms with van der Waals surface area (Å²) < 4.78 is 10.8. The summed E-state index contributed by atoms with van der Waals surface area (Å²) in [5.41, 5.74) is 1.75. The Hall–Kier alpha value is -2.48. The lowest BCUT2D eigenvalue weighted by molar-refractivity contribution is -0.128. The van der Waals surface area contributed by atoms with Gasteiger partial charge in [-0.3, -0.25) is 4.79 Å². The van der Waals surface area contributed by atoms with Gasteiger partial charge < -0.3 is 19.3 Å². The zero-order valence-electron chi connectivity index (χ0n) is 17.0. The van der Waals surface area contributed by atoms with Crippen molar-refractivity contribution in [3.05, 3.63) is 30.3 Å². The molecule has 158 valence electrons. The molecule has 1 saturated heterocycles. The molecule has 30 heavy (non-hydrogen) atoms. The van der Waals surface area contributed by atoms with E-state index in [1.807, 2.05) is 47.0 Å². The number of thioether (sulfide) groups is 1. The largest absolute Gasteiger partial charge is 0.454 e. The third kappa shape index (κ3) is 4.19. The molecule has 1 aromatic heterocycles. The number of benzene rings is 1. The van der Waals surface area contributed by atoms with Crippen molar-refractivity contribution in [1.29, 1.82) is 0 Å². The van der Waals surface area contributed by atoms with Crippen molar-refractivity contribution >= 4 is 23.5 Å². The lowest BCUT2D eigenvalue weighted by Gasteiger charge is -2.35. The van der Waals surface area contributed by atoms with E-state index in [1.54, 1.807) is 0 Å². The van der Waals surface area contributed by atoms with Crippen LogP contribution in [0.2, 0.25) is 0 Å². The summed E-state index contributed by atoms with van der Waals surface area (Å²) in [6.45, 7) is 3.33. The third-order valence-electron chi connectivity index (χ3n) is 6.02. The molecule has 2 aromatic rings. The Labute approximate surface area is 180 Å². The lowest BCUT2D eigenvalue weighted by atomic mass is 10.1. The second kappa shape index (κ2) is 8.71. The second-order valence-electron chi connectivity index (χ2n) is 7.93. The summed E-state index contributed by atoms with van der Waals surface area (Å²) in [6.07, 6.45) is 5.18. The molecule has 0 spiro atoms. The molecule has 1 saturated carbocycles. The Morgan fingerprint density at radius 2 is 1.80 bits per heavy atom. The average Bonchev–Trinajstić information content (AvgIpc) is 3.49. The summed E-state index contributed by atoms with van der Waals surface area (Å²) >= 11 is 1.85. The normalized spacial score (nSPS) is 18.8. The molecule has 1 aliphatic carbocycles. The van der Waals surface area contributed by atoms with Crippen LogP contribution in [0.4, 0.5) is 5.82 Å². The van der Waals surface area contributed by atoms with Crippen molar-refractivity contribution in [2.45, 2.75) is 30.9 Å². The molecule has 8 heteroatoms. The summed E-state index contributed by atoms with van der Waals surface area (Å²) in [5, 5.41) is 9.52. The zero-order chi connectivity index (χ0) is 20.3. The smallest absolute Gasteiger partial charge is 0.232 e. The number of ether oxygens (including phenoxy) is 2. The Morgan fingerprint density at radius 1 is 1.00 bits per heavy atom. The summed E-state index contributed by atoms with van der Waals surface area (Å²) in [4.78, 5) is 16.7. The van der Waals surface area contributed by atoms with Crippen molar-refractivity contribution in [3.8, 4) is 22.8 Å². The molecule has 0 radical (unpaired) electrons. The number of carbonyl (C=O) groups excluding carboxylic acids is 1. The molecule has 2 fully saturated rings. The fraction of sp³-hybridized carbons (Fsp3) is 0.500. The first-order valence-corrected chi connectivity index (χ1v) is 11.7. The maximum atomic E-state index is 12.5. The first kappa shape index (κ1) is 19.5. The van der Waals surface area contributed by atoms with E-state index in [1.165, 1.54) is 25.7 Å². The molecule has 0 unspecified atom stereocenters. The monoisotopic (exact) mass is 426 g/mol. The van der Waals surface area contributed by atoms with Gasteiger partial charge in [0.05, 0.1) is 11.4 Å². The minimum absolute atomic E-state index is 0.261. The number of hydrogen-bond donors (Lipinski definition) is 0. The minimum Gasteiger partial charge on any atom is -0.454 e. The molecule has 1 aromatic carbocycles. The molecule has 0 N–H and O–H groups in total. The molecule has 5 rings (SSSR count). The molecule has 1 amide bonds. The first-order valence-electron chi connectivity index (χ1n) is 10.6. The molecule has 0 atom stereocenters. The van der Waals surface area contributed by atoms with Gasteiger partial charge in [0.15, 0.2) is 17.3 Å². The quantitative estimate of drug-likeness (QED) is 0.727.